The summed E-state index contributed by atoms with van der Waals surface area (Å²) in [5.41, 5.74) is 0.993. The maximum Gasteiger partial charge on any atom is 0.238 e. The van der Waals surface area contributed by atoms with Crippen molar-refractivity contribution in [3.8, 4) is 0 Å². The van der Waals surface area contributed by atoms with Crippen LogP contribution in [0, 0.1) is 11.8 Å². The van der Waals surface area contributed by atoms with Crippen molar-refractivity contribution in [3.05, 3.63) is 23.9 Å². The number of hydrogen-bond acceptors (Lipinski definition) is 4. The van der Waals surface area contributed by atoms with Crippen molar-refractivity contribution in [1.82, 2.24) is 10.3 Å². The van der Waals surface area contributed by atoms with E-state index in [0.29, 0.717) is 37.2 Å². The summed E-state index contributed by atoms with van der Waals surface area (Å²) < 4.78 is 26.0. The molecule has 3 heterocycles. The molecule has 142 valence electrons. The third-order valence-corrected chi connectivity index (χ3v) is 8.53. The van der Waals surface area contributed by atoms with Gasteiger partial charge in [0, 0.05) is 24.7 Å². The van der Waals surface area contributed by atoms with Crippen molar-refractivity contribution >= 4 is 21.7 Å². The Balaban J connectivity index is 1.44. The number of piperidine rings is 1. The second-order valence-corrected chi connectivity index (χ2v) is 10.3. The van der Waals surface area contributed by atoms with E-state index in [-0.39, 0.29) is 17.1 Å². The highest BCUT2D eigenvalue weighted by Crippen LogP contribution is 2.34. The Hall–Kier alpha value is -1.63. The smallest absolute Gasteiger partial charge is 0.238 e. The molecule has 2 aliphatic heterocycles. The van der Waals surface area contributed by atoms with Crippen LogP contribution in [0.25, 0.3) is 0 Å². The van der Waals surface area contributed by atoms with Crippen molar-refractivity contribution in [2.24, 2.45) is 11.8 Å². The van der Waals surface area contributed by atoms with Gasteiger partial charge in [-0.3, -0.25) is 9.10 Å². The van der Waals surface area contributed by atoms with Gasteiger partial charge in [0.1, 0.15) is 5.82 Å². The molecule has 4 atom stereocenters. The molecule has 1 aromatic heterocycles. The lowest BCUT2D eigenvalue weighted by Gasteiger charge is -2.39. The molecule has 3 fully saturated rings. The normalized spacial score (nSPS) is 33.6. The number of carbonyl (C=O) groups is 1. The number of nitrogens with zero attached hydrogens (tertiary/aromatic N) is 2. The van der Waals surface area contributed by atoms with E-state index in [0.717, 1.165) is 18.4 Å². The van der Waals surface area contributed by atoms with Gasteiger partial charge in [-0.25, -0.2) is 13.4 Å². The summed E-state index contributed by atoms with van der Waals surface area (Å²) >= 11 is 0. The molecule has 26 heavy (non-hydrogen) atoms. The Kier molecular flexibility index (Phi) is 4.67. The van der Waals surface area contributed by atoms with E-state index in [1.54, 1.807) is 19.2 Å². The van der Waals surface area contributed by atoms with Gasteiger partial charge >= 0.3 is 0 Å². The molecule has 0 spiro atoms. The number of pyridine rings is 1. The maximum absolute atomic E-state index is 12.4. The van der Waals surface area contributed by atoms with Gasteiger partial charge in [0.2, 0.25) is 15.9 Å². The molecule has 6 nitrogen and oxygen atoms in total. The molecule has 1 saturated carbocycles. The first kappa shape index (κ1) is 17.8. The van der Waals surface area contributed by atoms with Gasteiger partial charge in [-0.15, -0.1) is 0 Å². The van der Waals surface area contributed by atoms with Gasteiger partial charge in [0.25, 0.3) is 0 Å². The molecule has 1 aliphatic carbocycles. The highest BCUT2D eigenvalue weighted by molar-refractivity contribution is 7.93. The monoisotopic (exact) mass is 377 g/mol. The van der Waals surface area contributed by atoms with E-state index < -0.39 is 10.0 Å². The van der Waals surface area contributed by atoms with Gasteiger partial charge in [0.05, 0.1) is 5.25 Å². The zero-order chi connectivity index (χ0) is 18.3. The minimum Gasteiger partial charge on any atom is -0.353 e. The predicted octanol–water partition coefficient (Wildman–Crippen LogP) is 2.25. The third-order valence-electron chi connectivity index (χ3n) is 6.30. The van der Waals surface area contributed by atoms with Crippen LogP contribution in [-0.4, -0.2) is 37.1 Å². The molecular weight excluding hydrogens is 350 g/mol. The van der Waals surface area contributed by atoms with Crippen LogP contribution < -0.4 is 9.62 Å². The summed E-state index contributed by atoms with van der Waals surface area (Å²) in [6, 6.07) is 4.06. The number of rotatable bonds is 3. The van der Waals surface area contributed by atoms with Crippen LogP contribution in [0.1, 0.15) is 51.0 Å². The van der Waals surface area contributed by atoms with E-state index in [1.807, 2.05) is 6.07 Å². The molecule has 0 bridgehead atoms. The van der Waals surface area contributed by atoms with Crippen LogP contribution in [0.3, 0.4) is 0 Å². The van der Waals surface area contributed by atoms with Crippen molar-refractivity contribution in [2.45, 2.75) is 63.2 Å². The topological polar surface area (TPSA) is 79.4 Å². The summed E-state index contributed by atoms with van der Waals surface area (Å²) in [6.45, 7) is 2.23. The fraction of sp³-hybridized carbons (Fsp3) is 0.684. The molecule has 0 radical (unpaired) electrons. The fourth-order valence-electron chi connectivity index (χ4n) is 4.64. The molecule has 7 heteroatoms. The standard InChI is InChI=1S/C19H27N3O3S/c1-13-8-9-22(26(13,24)25)18-7-6-14(12-20-18)10-16-11-15-4-2-3-5-17(15)21-19(16)23/h6-7,12-13,15-17H,2-5,8-11H2,1H3,(H,21,23)/t13-,15?,16?,17?/m0/s1. The quantitative estimate of drug-likeness (QED) is 0.876. The highest BCUT2D eigenvalue weighted by atomic mass is 32.2. The molecule has 0 aromatic carbocycles. The largest absolute Gasteiger partial charge is 0.353 e. The summed E-state index contributed by atoms with van der Waals surface area (Å²) in [5.74, 6) is 1.25. The molecule has 1 aromatic rings. The van der Waals surface area contributed by atoms with Gasteiger partial charge in [-0.2, -0.15) is 0 Å². The van der Waals surface area contributed by atoms with Crippen molar-refractivity contribution in [3.63, 3.8) is 0 Å². The average molecular weight is 378 g/mol. The minimum atomic E-state index is -3.27. The van der Waals surface area contributed by atoms with Crippen molar-refractivity contribution < 1.29 is 13.2 Å². The van der Waals surface area contributed by atoms with Crippen LogP contribution >= 0.6 is 0 Å². The predicted molar refractivity (Wildman–Crippen MR) is 100 cm³/mol. The zero-order valence-electron chi connectivity index (χ0n) is 15.2. The fourth-order valence-corrected chi connectivity index (χ4v) is 6.20. The molecule has 3 aliphatic rings. The lowest BCUT2D eigenvalue weighted by molar-refractivity contribution is -0.129. The van der Waals surface area contributed by atoms with E-state index in [9.17, 15) is 13.2 Å². The van der Waals surface area contributed by atoms with Crippen LogP contribution in [0.5, 0.6) is 0 Å². The number of aromatic nitrogens is 1. The first-order valence-electron chi connectivity index (χ1n) is 9.72. The van der Waals surface area contributed by atoms with Crippen LogP contribution in [0.4, 0.5) is 5.82 Å². The molecule has 4 rings (SSSR count). The van der Waals surface area contributed by atoms with Crippen LogP contribution in [0.2, 0.25) is 0 Å². The Morgan fingerprint density at radius 1 is 1.23 bits per heavy atom. The summed E-state index contributed by atoms with van der Waals surface area (Å²) in [5, 5.41) is 2.86. The third kappa shape index (κ3) is 3.21. The summed E-state index contributed by atoms with van der Waals surface area (Å²) in [4.78, 5) is 16.8. The lowest BCUT2D eigenvalue weighted by Crippen LogP contribution is -2.51. The van der Waals surface area contributed by atoms with E-state index in [1.165, 1.54) is 23.6 Å². The number of sulfonamides is 1. The Labute approximate surface area is 155 Å². The number of carbonyl (C=O) groups excluding carboxylic acids is 1. The number of hydrogen-bond donors (Lipinski definition) is 1. The summed E-state index contributed by atoms with van der Waals surface area (Å²) in [7, 11) is -3.27. The molecular formula is C19H27N3O3S. The Morgan fingerprint density at radius 2 is 2.04 bits per heavy atom. The molecule has 3 unspecified atom stereocenters. The van der Waals surface area contributed by atoms with Crippen molar-refractivity contribution in [1.29, 1.82) is 0 Å². The first-order valence-corrected chi connectivity index (χ1v) is 11.2. The molecule has 1 N–H and O–H groups in total. The molecule has 1 amide bonds. The number of nitrogens with one attached hydrogen (secondary N) is 1. The minimum absolute atomic E-state index is 0.00228. The van der Waals surface area contributed by atoms with Crippen molar-refractivity contribution in [2.75, 3.05) is 10.8 Å². The molecule has 2 saturated heterocycles. The van der Waals surface area contributed by atoms with E-state index in [2.05, 4.69) is 10.3 Å². The average Bonchev–Trinajstić information content (AvgIpc) is 2.89. The lowest BCUT2D eigenvalue weighted by atomic mass is 9.74. The van der Waals surface area contributed by atoms with Crippen LogP contribution in [0.15, 0.2) is 18.3 Å². The first-order chi connectivity index (χ1) is 12.4. The van der Waals surface area contributed by atoms with Gasteiger partial charge in [0.15, 0.2) is 0 Å². The highest BCUT2D eigenvalue weighted by Gasteiger charge is 2.38. The van der Waals surface area contributed by atoms with E-state index >= 15 is 0 Å². The second-order valence-electron chi connectivity index (χ2n) is 8.04. The second kappa shape index (κ2) is 6.83. The Bertz CT molecular complexity index is 778. The Morgan fingerprint density at radius 3 is 2.73 bits per heavy atom. The maximum atomic E-state index is 12.4. The number of anilines is 1. The van der Waals surface area contributed by atoms with Gasteiger partial charge in [-0.1, -0.05) is 18.9 Å². The van der Waals surface area contributed by atoms with Gasteiger partial charge in [-0.05, 0) is 56.6 Å². The zero-order valence-corrected chi connectivity index (χ0v) is 16.0. The number of amides is 1. The van der Waals surface area contributed by atoms with Gasteiger partial charge < -0.3 is 5.32 Å². The summed E-state index contributed by atoms with van der Waals surface area (Å²) in [6.07, 6.45) is 8.80. The van der Waals surface area contributed by atoms with Crippen LogP contribution in [-0.2, 0) is 21.2 Å². The van der Waals surface area contributed by atoms with E-state index in [4.69, 9.17) is 0 Å². The number of fused-ring (bicyclic) bond motifs is 1. The SMILES string of the molecule is C[C@H]1CCN(c2ccc(CC3CC4CCCCC4NC3=O)cn2)S1(=O)=O.